The summed E-state index contributed by atoms with van der Waals surface area (Å²) < 4.78 is 6.11. The van der Waals surface area contributed by atoms with E-state index in [0.29, 0.717) is 37.8 Å². The van der Waals surface area contributed by atoms with Crippen LogP contribution in [0.3, 0.4) is 0 Å². The molecule has 2 bridgehead atoms. The van der Waals surface area contributed by atoms with Crippen LogP contribution in [0.15, 0.2) is 72.9 Å². The van der Waals surface area contributed by atoms with Gasteiger partial charge < -0.3 is 19.4 Å². The van der Waals surface area contributed by atoms with E-state index in [1.807, 2.05) is 76.7 Å². The Morgan fingerprint density at radius 3 is 2.55 bits per heavy atom. The van der Waals surface area contributed by atoms with E-state index < -0.39 is 0 Å². The van der Waals surface area contributed by atoms with Gasteiger partial charge in [0.2, 0.25) is 5.91 Å². The first-order valence-electron chi connectivity index (χ1n) is 16.3. The number of ether oxygens (including phenoxy) is 1. The zero-order chi connectivity index (χ0) is 30.3. The summed E-state index contributed by atoms with van der Waals surface area (Å²) in [5.74, 6) is 0.739. The maximum atomic E-state index is 14.3. The molecule has 2 fully saturated rings. The maximum absolute atomic E-state index is 14.3. The molecule has 3 aromatic rings. The number of aromatic nitrogens is 1. The van der Waals surface area contributed by atoms with E-state index in [0.717, 1.165) is 61.5 Å². The fraction of sp³-hybridized carbons (Fsp3) is 0.472. The lowest BCUT2D eigenvalue weighted by Crippen LogP contribution is -2.45. The highest BCUT2D eigenvalue weighted by molar-refractivity contribution is 5.95. The van der Waals surface area contributed by atoms with E-state index in [4.69, 9.17) is 4.74 Å². The minimum absolute atomic E-state index is 0.0165. The second-order valence-electron chi connectivity index (χ2n) is 12.4. The Bertz CT molecular complexity index is 1410. The third kappa shape index (κ3) is 7.30. The van der Waals surface area contributed by atoms with Gasteiger partial charge in [-0.2, -0.15) is 0 Å². The molecule has 2 saturated heterocycles. The fourth-order valence-electron chi connectivity index (χ4n) is 7.16. The molecular weight excluding hydrogens is 550 g/mol. The molecule has 8 nitrogen and oxygen atoms in total. The fourth-order valence-corrected chi connectivity index (χ4v) is 7.16. The quantitative estimate of drug-likeness (QED) is 0.326. The molecule has 2 atom stereocenters. The molecule has 232 valence electrons. The molecule has 8 heteroatoms. The largest absolute Gasteiger partial charge is 0.494 e. The molecule has 0 unspecified atom stereocenters. The van der Waals surface area contributed by atoms with Gasteiger partial charge in [-0.25, -0.2) is 0 Å². The molecule has 3 aliphatic heterocycles. The van der Waals surface area contributed by atoms with Gasteiger partial charge in [-0.3, -0.25) is 19.5 Å². The Balaban J connectivity index is 1.25. The van der Waals surface area contributed by atoms with E-state index in [1.54, 1.807) is 6.92 Å². The van der Waals surface area contributed by atoms with E-state index in [1.165, 1.54) is 25.9 Å². The average Bonchev–Trinajstić information content (AvgIpc) is 3.69. The van der Waals surface area contributed by atoms with Crippen molar-refractivity contribution in [2.24, 2.45) is 0 Å². The van der Waals surface area contributed by atoms with Crippen LogP contribution >= 0.6 is 0 Å². The summed E-state index contributed by atoms with van der Waals surface area (Å²) in [7, 11) is 0. The van der Waals surface area contributed by atoms with Crippen molar-refractivity contribution in [3.63, 3.8) is 0 Å². The van der Waals surface area contributed by atoms with Crippen molar-refractivity contribution >= 4 is 17.5 Å². The summed E-state index contributed by atoms with van der Waals surface area (Å²) in [5.41, 5.74) is 3.53. The van der Waals surface area contributed by atoms with E-state index >= 15 is 0 Å². The van der Waals surface area contributed by atoms with Crippen LogP contribution in [0.5, 0.6) is 5.75 Å². The van der Waals surface area contributed by atoms with Gasteiger partial charge >= 0.3 is 0 Å². The van der Waals surface area contributed by atoms with Gasteiger partial charge in [-0.05, 0) is 93.6 Å². The summed E-state index contributed by atoms with van der Waals surface area (Å²) in [4.78, 5) is 40.8. The van der Waals surface area contributed by atoms with Crippen LogP contribution in [0.2, 0.25) is 0 Å². The minimum atomic E-state index is -0.0165. The third-order valence-electron chi connectivity index (χ3n) is 9.44. The Morgan fingerprint density at radius 1 is 0.909 bits per heavy atom. The molecule has 0 spiro atoms. The van der Waals surface area contributed by atoms with Crippen molar-refractivity contribution in [3.8, 4) is 5.75 Å². The van der Waals surface area contributed by atoms with Crippen molar-refractivity contribution in [1.29, 1.82) is 0 Å². The summed E-state index contributed by atoms with van der Waals surface area (Å²) in [5, 5.41) is 0. The second-order valence-corrected chi connectivity index (χ2v) is 12.4. The van der Waals surface area contributed by atoms with E-state index in [9.17, 15) is 9.59 Å². The zero-order valence-electron chi connectivity index (χ0n) is 25.9. The highest BCUT2D eigenvalue weighted by Gasteiger charge is 2.37. The Hall–Kier alpha value is -3.75. The summed E-state index contributed by atoms with van der Waals surface area (Å²) in [6, 6.07) is 22.2. The molecule has 0 aliphatic carbocycles. The number of rotatable bonds is 8. The Kier molecular flexibility index (Phi) is 9.88. The number of nitrogens with zero attached hydrogens (tertiary/aromatic N) is 5. The molecule has 2 aromatic carbocycles. The van der Waals surface area contributed by atoms with Crippen LogP contribution in [0.4, 0.5) is 5.69 Å². The number of carbonyl (C=O) groups is 2. The van der Waals surface area contributed by atoms with Crippen molar-refractivity contribution < 1.29 is 14.3 Å². The summed E-state index contributed by atoms with van der Waals surface area (Å²) in [6.45, 7) is 8.12. The average molecular weight is 596 g/mol. The van der Waals surface area contributed by atoms with Gasteiger partial charge in [-0.1, -0.05) is 30.3 Å². The SMILES string of the molecule is CC(=O)N1CC[C@@H]2CC[C@H](CN(C(=O)c3cccc(OCCCN4CCCC4)c3)Cc3ccccc31)N2Cc1ccccn1. The molecule has 2 amide bonds. The smallest absolute Gasteiger partial charge is 0.254 e. The monoisotopic (exact) mass is 595 g/mol. The predicted octanol–water partition coefficient (Wildman–Crippen LogP) is 5.38. The van der Waals surface area contributed by atoms with E-state index in [-0.39, 0.29) is 17.9 Å². The lowest BCUT2D eigenvalue weighted by Gasteiger charge is -2.33. The number of amides is 2. The molecular formula is C36H45N5O3. The van der Waals surface area contributed by atoms with Gasteiger partial charge in [0.25, 0.3) is 5.91 Å². The number of hydrogen-bond acceptors (Lipinski definition) is 6. The zero-order valence-corrected chi connectivity index (χ0v) is 25.9. The second kappa shape index (κ2) is 14.4. The molecule has 3 aliphatic rings. The number of benzene rings is 2. The first kappa shape index (κ1) is 30.3. The highest BCUT2D eigenvalue weighted by Crippen LogP contribution is 2.33. The van der Waals surface area contributed by atoms with Crippen LogP contribution in [-0.2, 0) is 17.9 Å². The maximum Gasteiger partial charge on any atom is 0.254 e. The lowest BCUT2D eigenvalue weighted by molar-refractivity contribution is -0.116. The van der Waals surface area contributed by atoms with Crippen LogP contribution in [0.25, 0.3) is 0 Å². The molecule has 6 rings (SSSR count). The number of carbonyl (C=O) groups excluding carboxylic acids is 2. The molecule has 0 saturated carbocycles. The standard InChI is InChI=1S/C36H45N5O3/c1-28(42)40-22-17-32-15-16-33(41(32)26-31-12-4-5-18-37-31)27-39(25-30-10-2-3-14-35(30)40)36(43)29-11-8-13-34(24-29)44-23-9-21-38-19-6-7-20-38/h2-5,8,10-14,18,24,32-33H,6-7,9,15-17,19-23,25-27H2,1H3/t32-,33+/m0/s1. The van der Waals surface area contributed by atoms with Gasteiger partial charge in [0.1, 0.15) is 5.75 Å². The van der Waals surface area contributed by atoms with Gasteiger partial charge in [0.15, 0.2) is 0 Å². The molecule has 44 heavy (non-hydrogen) atoms. The summed E-state index contributed by atoms with van der Waals surface area (Å²) >= 11 is 0. The normalized spacial score (nSPS) is 21.1. The predicted molar refractivity (Wildman–Crippen MR) is 173 cm³/mol. The number of hydrogen-bond donors (Lipinski definition) is 0. The first-order valence-corrected chi connectivity index (χ1v) is 16.3. The summed E-state index contributed by atoms with van der Waals surface area (Å²) in [6.07, 6.45) is 8.32. The Morgan fingerprint density at radius 2 is 1.73 bits per heavy atom. The number of likely N-dealkylation sites (tertiary alicyclic amines) is 1. The van der Waals surface area contributed by atoms with Crippen molar-refractivity contribution in [3.05, 3.63) is 89.7 Å². The number of pyridine rings is 1. The van der Waals surface area contributed by atoms with Crippen LogP contribution in [0.1, 0.15) is 67.1 Å². The lowest BCUT2D eigenvalue weighted by atomic mass is 10.1. The topological polar surface area (TPSA) is 69.2 Å². The van der Waals surface area contributed by atoms with E-state index in [2.05, 4.69) is 20.9 Å². The molecule has 0 radical (unpaired) electrons. The van der Waals surface area contributed by atoms with Crippen molar-refractivity contribution in [2.75, 3.05) is 44.2 Å². The van der Waals surface area contributed by atoms with Crippen molar-refractivity contribution in [1.82, 2.24) is 19.7 Å². The van der Waals surface area contributed by atoms with Crippen LogP contribution < -0.4 is 9.64 Å². The minimum Gasteiger partial charge on any atom is -0.494 e. The molecule has 1 aromatic heterocycles. The highest BCUT2D eigenvalue weighted by atomic mass is 16.5. The Labute approximate surface area is 261 Å². The number of para-hydroxylation sites is 1. The molecule has 4 heterocycles. The van der Waals surface area contributed by atoms with Crippen LogP contribution in [0, 0.1) is 0 Å². The van der Waals surface area contributed by atoms with Gasteiger partial charge in [0.05, 0.1) is 12.3 Å². The van der Waals surface area contributed by atoms with Gasteiger partial charge in [0, 0.05) is 69.2 Å². The first-order chi connectivity index (χ1) is 21.5. The number of anilines is 1. The molecule has 0 N–H and O–H groups in total. The van der Waals surface area contributed by atoms with Crippen LogP contribution in [-0.4, -0.2) is 82.9 Å². The number of fused-ring (bicyclic) bond motifs is 3. The van der Waals surface area contributed by atoms with Gasteiger partial charge in [-0.15, -0.1) is 0 Å². The van der Waals surface area contributed by atoms with Crippen molar-refractivity contribution in [2.45, 2.75) is 70.6 Å². The third-order valence-corrected chi connectivity index (χ3v) is 9.44.